The van der Waals surface area contributed by atoms with Gasteiger partial charge < -0.3 is 5.32 Å². The maximum absolute atomic E-state index is 13.3. The van der Waals surface area contributed by atoms with E-state index in [-0.39, 0.29) is 5.82 Å². The summed E-state index contributed by atoms with van der Waals surface area (Å²) < 4.78 is 13.3. The van der Waals surface area contributed by atoms with E-state index in [1.54, 1.807) is 6.07 Å². The number of aryl methyl sites for hydroxylation is 2. The summed E-state index contributed by atoms with van der Waals surface area (Å²) in [6.07, 6.45) is 3.37. The molecule has 20 heavy (non-hydrogen) atoms. The van der Waals surface area contributed by atoms with Crippen LogP contribution in [-0.4, -0.2) is 6.04 Å². The molecule has 3 rings (SSSR count). The third-order valence-electron chi connectivity index (χ3n) is 4.24. The minimum Gasteiger partial charge on any atom is -0.310 e. The fourth-order valence-corrected chi connectivity index (χ4v) is 2.96. The van der Waals surface area contributed by atoms with Gasteiger partial charge in [0, 0.05) is 12.6 Å². The Labute approximate surface area is 119 Å². The van der Waals surface area contributed by atoms with Crippen molar-refractivity contribution in [3.05, 3.63) is 70.5 Å². The topological polar surface area (TPSA) is 12.0 Å². The highest BCUT2D eigenvalue weighted by atomic mass is 19.1. The molecule has 0 heterocycles. The summed E-state index contributed by atoms with van der Waals surface area (Å²) in [6.45, 7) is 2.78. The van der Waals surface area contributed by atoms with Gasteiger partial charge >= 0.3 is 0 Å². The highest BCUT2D eigenvalue weighted by Crippen LogP contribution is 2.21. The summed E-state index contributed by atoms with van der Waals surface area (Å²) in [7, 11) is 0. The first kappa shape index (κ1) is 13.3. The zero-order chi connectivity index (χ0) is 13.9. The van der Waals surface area contributed by atoms with Gasteiger partial charge in [-0.15, -0.1) is 0 Å². The van der Waals surface area contributed by atoms with Crippen LogP contribution in [0.2, 0.25) is 0 Å². The van der Waals surface area contributed by atoms with Crippen LogP contribution < -0.4 is 5.32 Å². The number of halogens is 1. The van der Waals surface area contributed by atoms with Crippen molar-refractivity contribution in [3.8, 4) is 0 Å². The molecule has 2 aromatic carbocycles. The second-order valence-corrected chi connectivity index (χ2v) is 5.66. The van der Waals surface area contributed by atoms with Gasteiger partial charge in [0.15, 0.2) is 0 Å². The second-order valence-electron chi connectivity index (χ2n) is 5.66. The average molecular weight is 269 g/mol. The highest BCUT2D eigenvalue weighted by Gasteiger charge is 2.17. The highest BCUT2D eigenvalue weighted by molar-refractivity contribution is 5.31. The summed E-state index contributed by atoms with van der Waals surface area (Å²) in [4.78, 5) is 0. The van der Waals surface area contributed by atoms with Gasteiger partial charge in [-0.2, -0.15) is 0 Å². The van der Waals surface area contributed by atoms with Crippen molar-refractivity contribution < 1.29 is 4.39 Å². The van der Waals surface area contributed by atoms with E-state index < -0.39 is 0 Å². The molecule has 0 aliphatic heterocycles. The van der Waals surface area contributed by atoms with Gasteiger partial charge in [0.05, 0.1) is 0 Å². The standard InChI is InChI=1S/C18H20FN/c1-13-6-8-17(19)10-16(13)12-20-18-9-7-14-4-2-3-5-15(14)11-18/h2-6,8,10,18,20H,7,9,11-12H2,1H3. The lowest BCUT2D eigenvalue weighted by atomic mass is 9.88. The van der Waals surface area contributed by atoms with Crippen molar-refractivity contribution in [1.82, 2.24) is 5.32 Å². The van der Waals surface area contributed by atoms with E-state index in [1.165, 1.54) is 17.2 Å². The summed E-state index contributed by atoms with van der Waals surface area (Å²) in [6, 6.07) is 14.2. The van der Waals surface area contributed by atoms with Crippen LogP contribution in [0.5, 0.6) is 0 Å². The van der Waals surface area contributed by atoms with Gasteiger partial charge in [-0.25, -0.2) is 4.39 Å². The molecule has 1 aliphatic carbocycles. The number of hydrogen-bond donors (Lipinski definition) is 1. The Kier molecular flexibility index (Phi) is 3.83. The molecule has 0 saturated heterocycles. The Hall–Kier alpha value is -1.67. The van der Waals surface area contributed by atoms with Crippen molar-refractivity contribution in [2.45, 2.75) is 38.8 Å². The van der Waals surface area contributed by atoms with Crippen molar-refractivity contribution in [2.75, 3.05) is 0 Å². The molecule has 1 aliphatic rings. The third kappa shape index (κ3) is 2.91. The minimum absolute atomic E-state index is 0.151. The first-order valence-corrected chi connectivity index (χ1v) is 7.27. The Morgan fingerprint density at radius 1 is 1.15 bits per heavy atom. The Morgan fingerprint density at radius 3 is 2.80 bits per heavy atom. The maximum Gasteiger partial charge on any atom is 0.123 e. The zero-order valence-corrected chi connectivity index (χ0v) is 11.8. The molecular formula is C18H20FN. The van der Waals surface area contributed by atoms with Crippen molar-refractivity contribution in [3.63, 3.8) is 0 Å². The summed E-state index contributed by atoms with van der Waals surface area (Å²) in [5, 5.41) is 3.58. The maximum atomic E-state index is 13.3. The first-order valence-electron chi connectivity index (χ1n) is 7.27. The van der Waals surface area contributed by atoms with Gasteiger partial charge in [-0.1, -0.05) is 30.3 Å². The molecule has 0 aromatic heterocycles. The fraction of sp³-hybridized carbons (Fsp3) is 0.333. The Balaban J connectivity index is 1.64. The molecule has 1 nitrogen and oxygen atoms in total. The molecule has 1 N–H and O–H groups in total. The lowest BCUT2D eigenvalue weighted by Gasteiger charge is -2.26. The van der Waals surface area contributed by atoms with Gasteiger partial charge in [0.1, 0.15) is 5.82 Å². The van der Waals surface area contributed by atoms with Crippen LogP contribution in [0, 0.1) is 12.7 Å². The molecular weight excluding hydrogens is 249 g/mol. The molecule has 0 amide bonds. The minimum atomic E-state index is -0.151. The number of rotatable bonds is 3. The molecule has 0 bridgehead atoms. The van der Waals surface area contributed by atoms with Crippen LogP contribution in [-0.2, 0) is 19.4 Å². The smallest absolute Gasteiger partial charge is 0.123 e. The van der Waals surface area contributed by atoms with Crippen LogP contribution in [0.3, 0.4) is 0 Å². The van der Waals surface area contributed by atoms with E-state index in [0.29, 0.717) is 6.04 Å². The molecule has 1 unspecified atom stereocenters. The van der Waals surface area contributed by atoms with Crippen LogP contribution in [0.15, 0.2) is 42.5 Å². The quantitative estimate of drug-likeness (QED) is 0.894. The predicted octanol–water partition coefficient (Wildman–Crippen LogP) is 3.78. The van der Waals surface area contributed by atoms with Crippen molar-refractivity contribution in [2.24, 2.45) is 0 Å². The number of benzene rings is 2. The first-order chi connectivity index (χ1) is 9.72. The molecule has 2 heteroatoms. The second kappa shape index (κ2) is 5.76. The number of hydrogen-bond acceptors (Lipinski definition) is 1. The average Bonchev–Trinajstić information content (AvgIpc) is 2.48. The van der Waals surface area contributed by atoms with Gasteiger partial charge in [0.25, 0.3) is 0 Å². The molecule has 0 spiro atoms. The Bertz CT molecular complexity index is 606. The molecule has 1 atom stereocenters. The van der Waals surface area contributed by atoms with E-state index in [1.807, 2.05) is 13.0 Å². The molecule has 104 valence electrons. The largest absolute Gasteiger partial charge is 0.310 e. The number of nitrogens with one attached hydrogen (secondary N) is 1. The Morgan fingerprint density at radius 2 is 1.95 bits per heavy atom. The van der Waals surface area contributed by atoms with E-state index in [2.05, 4.69) is 29.6 Å². The fourth-order valence-electron chi connectivity index (χ4n) is 2.96. The predicted molar refractivity (Wildman–Crippen MR) is 80.2 cm³/mol. The normalized spacial score (nSPS) is 17.8. The SMILES string of the molecule is Cc1ccc(F)cc1CNC1CCc2ccccc2C1. The lowest BCUT2D eigenvalue weighted by molar-refractivity contribution is 0.456. The van der Waals surface area contributed by atoms with Crippen LogP contribution >= 0.6 is 0 Å². The molecule has 0 saturated carbocycles. The van der Waals surface area contributed by atoms with Gasteiger partial charge in [-0.05, 0) is 60.6 Å². The van der Waals surface area contributed by atoms with Crippen LogP contribution in [0.4, 0.5) is 4.39 Å². The molecule has 0 radical (unpaired) electrons. The lowest BCUT2D eigenvalue weighted by Crippen LogP contribution is -2.34. The van der Waals surface area contributed by atoms with E-state index in [4.69, 9.17) is 0 Å². The van der Waals surface area contributed by atoms with Crippen LogP contribution in [0.1, 0.15) is 28.7 Å². The van der Waals surface area contributed by atoms with E-state index in [0.717, 1.165) is 36.9 Å². The van der Waals surface area contributed by atoms with Crippen LogP contribution in [0.25, 0.3) is 0 Å². The van der Waals surface area contributed by atoms with Gasteiger partial charge in [0.2, 0.25) is 0 Å². The zero-order valence-electron chi connectivity index (χ0n) is 11.8. The monoisotopic (exact) mass is 269 g/mol. The van der Waals surface area contributed by atoms with E-state index >= 15 is 0 Å². The van der Waals surface area contributed by atoms with Gasteiger partial charge in [-0.3, -0.25) is 0 Å². The summed E-state index contributed by atoms with van der Waals surface area (Å²) >= 11 is 0. The summed E-state index contributed by atoms with van der Waals surface area (Å²) in [5.41, 5.74) is 5.14. The number of fused-ring (bicyclic) bond motifs is 1. The third-order valence-corrected chi connectivity index (χ3v) is 4.24. The van der Waals surface area contributed by atoms with Crippen molar-refractivity contribution >= 4 is 0 Å². The van der Waals surface area contributed by atoms with Crippen molar-refractivity contribution in [1.29, 1.82) is 0 Å². The molecule has 0 fully saturated rings. The van der Waals surface area contributed by atoms with E-state index in [9.17, 15) is 4.39 Å². The summed E-state index contributed by atoms with van der Waals surface area (Å²) in [5.74, 6) is -0.151. The molecule has 2 aromatic rings.